The van der Waals surface area contributed by atoms with Crippen LogP contribution in [-0.2, 0) is 14.4 Å². The number of carbonyl (C=O) groups excluding carboxylic acids is 3. The molecule has 94 valence electrons. The second kappa shape index (κ2) is 5.47. The average Bonchev–Trinajstić information content (AvgIpc) is 2.76. The van der Waals surface area contributed by atoms with Crippen molar-refractivity contribution in [3.05, 3.63) is 12.7 Å². The van der Waals surface area contributed by atoms with Crippen LogP contribution in [0.3, 0.4) is 0 Å². The predicted molar refractivity (Wildman–Crippen MR) is 61.7 cm³/mol. The summed E-state index contributed by atoms with van der Waals surface area (Å²) in [5.74, 6) is -1.21. The molecule has 1 saturated heterocycles. The smallest absolute Gasteiger partial charge is 0.245 e. The van der Waals surface area contributed by atoms with Gasteiger partial charge in [-0.3, -0.25) is 14.4 Å². The van der Waals surface area contributed by atoms with Crippen molar-refractivity contribution in [1.29, 1.82) is 0 Å². The summed E-state index contributed by atoms with van der Waals surface area (Å²) in [6.45, 7) is 5.37. The molecule has 1 fully saturated rings. The lowest BCUT2D eigenvalue weighted by Gasteiger charge is -2.25. The maximum Gasteiger partial charge on any atom is 0.245 e. The van der Waals surface area contributed by atoms with E-state index in [1.165, 1.54) is 4.90 Å². The summed E-state index contributed by atoms with van der Waals surface area (Å²) in [6.07, 6.45) is 2.43. The third-order valence-electron chi connectivity index (χ3n) is 2.78. The highest BCUT2D eigenvalue weighted by atomic mass is 16.2. The topological polar surface area (TPSA) is 92.5 Å². The number of nitrogens with one attached hydrogen (secondary N) is 1. The number of hydrogen-bond donors (Lipinski definition) is 2. The first-order valence-electron chi connectivity index (χ1n) is 5.50. The Morgan fingerprint density at radius 3 is 2.71 bits per heavy atom. The maximum atomic E-state index is 12.0. The van der Waals surface area contributed by atoms with Gasteiger partial charge in [-0.2, -0.15) is 0 Å². The highest BCUT2D eigenvalue weighted by Gasteiger charge is 2.34. The zero-order valence-corrected chi connectivity index (χ0v) is 9.81. The fourth-order valence-corrected chi connectivity index (χ4v) is 1.91. The van der Waals surface area contributed by atoms with Gasteiger partial charge < -0.3 is 16.0 Å². The van der Waals surface area contributed by atoms with Crippen LogP contribution in [0.1, 0.15) is 19.8 Å². The van der Waals surface area contributed by atoms with Gasteiger partial charge in [-0.05, 0) is 25.8 Å². The second-order valence-corrected chi connectivity index (χ2v) is 4.03. The summed E-state index contributed by atoms with van der Waals surface area (Å²) in [7, 11) is 0. The van der Waals surface area contributed by atoms with Crippen LogP contribution in [0, 0.1) is 0 Å². The molecule has 2 atom stereocenters. The summed E-state index contributed by atoms with van der Waals surface area (Å²) >= 11 is 0. The van der Waals surface area contributed by atoms with E-state index < -0.39 is 23.9 Å². The lowest BCUT2D eigenvalue weighted by Crippen LogP contribution is -2.51. The van der Waals surface area contributed by atoms with Crippen LogP contribution >= 0.6 is 0 Å². The number of nitrogens with zero attached hydrogens (tertiary/aromatic N) is 1. The fourth-order valence-electron chi connectivity index (χ4n) is 1.91. The quantitative estimate of drug-likeness (QED) is 0.626. The molecule has 0 aromatic carbocycles. The molecule has 17 heavy (non-hydrogen) atoms. The second-order valence-electron chi connectivity index (χ2n) is 4.03. The van der Waals surface area contributed by atoms with Gasteiger partial charge in [-0.1, -0.05) is 6.58 Å². The van der Waals surface area contributed by atoms with Crippen molar-refractivity contribution in [2.75, 3.05) is 6.54 Å². The van der Waals surface area contributed by atoms with Crippen LogP contribution in [-0.4, -0.2) is 41.2 Å². The number of hydrogen-bond acceptors (Lipinski definition) is 3. The fraction of sp³-hybridized carbons (Fsp3) is 0.545. The summed E-state index contributed by atoms with van der Waals surface area (Å²) < 4.78 is 0. The van der Waals surface area contributed by atoms with E-state index in [2.05, 4.69) is 11.9 Å². The number of rotatable bonds is 4. The monoisotopic (exact) mass is 239 g/mol. The van der Waals surface area contributed by atoms with Gasteiger partial charge in [-0.25, -0.2) is 0 Å². The van der Waals surface area contributed by atoms with E-state index in [1.54, 1.807) is 6.92 Å². The Kier molecular flexibility index (Phi) is 4.25. The molecule has 3 amide bonds. The molecule has 6 nitrogen and oxygen atoms in total. The van der Waals surface area contributed by atoms with Gasteiger partial charge in [0, 0.05) is 6.54 Å². The van der Waals surface area contributed by atoms with Crippen molar-refractivity contribution in [2.24, 2.45) is 5.73 Å². The number of carbonyl (C=O) groups is 3. The van der Waals surface area contributed by atoms with Crippen molar-refractivity contribution < 1.29 is 14.4 Å². The van der Waals surface area contributed by atoms with E-state index in [0.717, 1.165) is 12.5 Å². The summed E-state index contributed by atoms with van der Waals surface area (Å²) in [4.78, 5) is 35.6. The molecular weight excluding hydrogens is 222 g/mol. The van der Waals surface area contributed by atoms with Gasteiger partial charge >= 0.3 is 0 Å². The van der Waals surface area contributed by atoms with Crippen LogP contribution < -0.4 is 11.1 Å². The minimum Gasteiger partial charge on any atom is -0.368 e. The summed E-state index contributed by atoms with van der Waals surface area (Å²) in [6, 6.07) is -1.23. The Bertz CT molecular complexity index is 354. The third-order valence-corrected chi connectivity index (χ3v) is 2.78. The van der Waals surface area contributed by atoms with E-state index in [1.807, 2.05) is 0 Å². The zero-order valence-electron chi connectivity index (χ0n) is 9.81. The molecule has 0 spiro atoms. The highest BCUT2D eigenvalue weighted by molar-refractivity contribution is 5.94. The van der Waals surface area contributed by atoms with E-state index in [4.69, 9.17) is 5.73 Å². The Labute approximate surface area is 99.8 Å². The van der Waals surface area contributed by atoms with Crippen molar-refractivity contribution in [3.8, 4) is 0 Å². The first kappa shape index (κ1) is 13.2. The molecule has 0 saturated carbocycles. The van der Waals surface area contributed by atoms with Crippen molar-refractivity contribution in [3.63, 3.8) is 0 Å². The van der Waals surface area contributed by atoms with Crippen LogP contribution in [0.2, 0.25) is 0 Å². The molecule has 0 unspecified atom stereocenters. The van der Waals surface area contributed by atoms with Crippen molar-refractivity contribution in [1.82, 2.24) is 10.2 Å². The lowest BCUT2D eigenvalue weighted by molar-refractivity contribution is -0.139. The lowest BCUT2D eigenvalue weighted by atomic mass is 10.2. The Morgan fingerprint density at radius 1 is 1.53 bits per heavy atom. The first-order chi connectivity index (χ1) is 7.97. The molecule has 1 heterocycles. The molecule has 0 bridgehead atoms. The Balaban J connectivity index is 2.65. The zero-order chi connectivity index (χ0) is 13.0. The Hall–Kier alpha value is -1.85. The van der Waals surface area contributed by atoms with Gasteiger partial charge in [0.1, 0.15) is 12.1 Å². The predicted octanol–water partition coefficient (Wildman–Crippen LogP) is -0.847. The minimum absolute atomic E-state index is 0.290. The summed E-state index contributed by atoms with van der Waals surface area (Å²) in [5.41, 5.74) is 5.22. The normalized spacial score (nSPS) is 20.8. The molecule has 0 aliphatic carbocycles. The Morgan fingerprint density at radius 2 is 2.18 bits per heavy atom. The first-order valence-corrected chi connectivity index (χ1v) is 5.50. The van der Waals surface area contributed by atoms with E-state index in [-0.39, 0.29) is 5.91 Å². The number of amides is 3. The van der Waals surface area contributed by atoms with Gasteiger partial charge in [0.25, 0.3) is 0 Å². The van der Waals surface area contributed by atoms with Crippen molar-refractivity contribution in [2.45, 2.75) is 31.8 Å². The van der Waals surface area contributed by atoms with E-state index in [0.29, 0.717) is 13.0 Å². The van der Waals surface area contributed by atoms with Crippen LogP contribution in [0.25, 0.3) is 0 Å². The SMILES string of the molecule is C=CC(=O)N[C@@H](C)C(=O)N1CCC[C@H]1C(N)=O. The average molecular weight is 239 g/mol. The molecule has 3 N–H and O–H groups in total. The standard InChI is InChI=1S/C11H17N3O3/c1-3-9(15)13-7(2)11(17)14-6-4-5-8(14)10(12)16/h3,7-8H,1,4-6H2,2H3,(H2,12,16)(H,13,15)/t7-,8-/m0/s1. The van der Waals surface area contributed by atoms with Crippen LogP contribution in [0.5, 0.6) is 0 Å². The number of primary amides is 1. The number of nitrogens with two attached hydrogens (primary N) is 1. The summed E-state index contributed by atoms with van der Waals surface area (Å²) in [5, 5.41) is 2.47. The molecule has 1 rings (SSSR count). The van der Waals surface area contributed by atoms with Gasteiger partial charge in [-0.15, -0.1) is 0 Å². The van der Waals surface area contributed by atoms with Gasteiger partial charge in [0.05, 0.1) is 0 Å². The molecule has 0 aromatic rings. The minimum atomic E-state index is -0.680. The molecule has 6 heteroatoms. The van der Waals surface area contributed by atoms with Crippen molar-refractivity contribution >= 4 is 17.7 Å². The van der Waals surface area contributed by atoms with Crippen LogP contribution in [0.15, 0.2) is 12.7 Å². The molecular formula is C11H17N3O3. The number of likely N-dealkylation sites (tertiary alicyclic amines) is 1. The highest BCUT2D eigenvalue weighted by Crippen LogP contribution is 2.17. The molecule has 1 aliphatic rings. The van der Waals surface area contributed by atoms with Gasteiger partial charge in [0.2, 0.25) is 17.7 Å². The maximum absolute atomic E-state index is 12.0. The van der Waals surface area contributed by atoms with Gasteiger partial charge in [0.15, 0.2) is 0 Å². The molecule has 0 aromatic heterocycles. The van der Waals surface area contributed by atoms with Crippen LogP contribution in [0.4, 0.5) is 0 Å². The molecule has 0 radical (unpaired) electrons. The largest absolute Gasteiger partial charge is 0.368 e. The third kappa shape index (κ3) is 3.05. The molecule has 1 aliphatic heterocycles. The van der Waals surface area contributed by atoms with E-state index >= 15 is 0 Å². The van der Waals surface area contributed by atoms with E-state index in [9.17, 15) is 14.4 Å².